The molecule has 0 radical (unpaired) electrons. The lowest BCUT2D eigenvalue weighted by molar-refractivity contribution is 0.178. The van der Waals surface area contributed by atoms with Crippen molar-refractivity contribution in [3.63, 3.8) is 0 Å². The van der Waals surface area contributed by atoms with Crippen LogP contribution in [0.2, 0.25) is 0 Å². The standard InChI is InChI=1S/C6H12O4S/c1-4-10-6(7)11(8,9)5(2)3/h5H,4H2,1-3H3. The molecule has 0 rings (SSSR count). The van der Waals surface area contributed by atoms with Crippen molar-refractivity contribution < 1.29 is 17.9 Å². The number of hydrogen-bond acceptors (Lipinski definition) is 4. The molecule has 11 heavy (non-hydrogen) atoms. The molecule has 0 aliphatic heterocycles. The van der Waals surface area contributed by atoms with E-state index >= 15 is 0 Å². The molecule has 4 nitrogen and oxygen atoms in total. The summed E-state index contributed by atoms with van der Waals surface area (Å²) >= 11 is 0. The van der Waals surface area contributed by atoms with Crippen LogP contribution in [0, 0.1) is 0 Å². The van der Waals surface area contributed by atoms with Gasteiger partial charge in [0, 0.05) is 0 Å². The first-order valence-corrected chi connectivity index (χ1v) is 4.88. The van der Waals surface area contributed by atoms with Gasteiger partial charge in [-0.25, -0.2) is 13.2 Å². The van der Waals surface area contributed by atoms with Crippen molar-refractivity contribution in [2.75, 3.05) is 6.61 Å². The molecule has 0 N–H and O–H groups in total. The third-order valence-corrected chi connectivity index (χ3v) is 2.94. The van der Waals surface area contributed by atoms with Crippen molar-refractivity contribution in [1.29, 1.82) is 0 Å². The smallest absolute Gasteiger partial charge is 0.425 e. The van der Waals surface area contributed by atoms with E-state index in [0.717, 1.165) is 0 Å². The van der Waals surface area contributed by atoms with Gasteiger partial charge in [-0.1, -0.05) is 0 Å². The first-order chi connectivity index (χ1) is 4.92. The molecule has 0 atom stereocenters. The maximum Gasteiger partial charge on any atom is 0.425 e. The summed E-state index contributed by atoms with van der Waals surface area (Å²) in [6.45, 7) is 4.52. The van der Waals surface area contributed by atoms with E-state index in [9.17, 15) is 13.2 Å². The Morgan fingerprint density at radius 1 is 1.45 bits per heavy atom. The second kappa shape index (κ2) is 3.71. The van der Waals surface area contributed by atoms with Crippen molar-refractivity contribution in [2.45, 2.75) is 26.0 Å². The van der Waals surface area contributed by atoms with E-state index in [1.54, 1.807) is 6.92 Å². The fourth-order valence-electron chi connectivity index (χ4n) is 0.392. The summed E-state index contributed by atoms with van der Waals surface area (Å²) in [4.78, 5) is 10.7. The van der Waals surface area contributed by atoms with Crippen LogP contribution in [0.1, 0.15) is 20.8 Å². The summed E-state index contributed by atoms with van der Waals surface area (Å²) in [5.74, 6) is 0. The van der Waals surface area contributed by atoms with Gasteiger partial charge in [0.2, 0.25) is 0 Å². The maximum atomic E-state index is 10.9. The molecular formula is C6H12O4S. The van der Waals surface area contributed by atoms with Gasteiger partial charge in [-0.05, 0) is 20.8 Å². The molecule has 0 saturated carbocycles. The maximum absolute atomic E-state index is 10.9. The summed E-state index contributed by atoms with van der Waals surface area (Å²) in [7, 11) is -3.70. The number of hydrogen-bond donors (Lipinski definition) is 0. The van der Waals surface area contributed by atoms with Gasteiger partial charge >= 0.3 is 5.30 Å². The second-order valence-electron chi connectivity index (χ2n) is 2.28. The Labute approximate surface area is 66.5 Å². The molecular weight excluding hydrogens is 168 g/mol. The minimum Gasteiger partial charge on any atom is -0.454 e. The topological polar surface area (TPSA) is 60.4 Å². The SMILES string of the molecule is CCOC(=O)S(=O)(=O)C(C)C. The number of rotatable bonds is 2. The van der Waals surface area contributed by atoms with E-state index in [1.807, 2.05) is 0 Å². The van der Waals surface area contributed by atoms with Crippen molar-refractivity contribution in [1.82, 2.24) is 0 Å². The van der Waals surface area contributed by atoms with Crippen LogP contribution in [0.5, 0.6) is 0 Å². The lowest BCUT2D eigenvalue weighted by atomic mass is 10.6. The molecule has 0 spiro atoms. The highest BCUT2D eigenvalue weighted by molar-refractivity contribution is 8.06. The van der Waals surface area contributed by atoms with Gasteiger partial charge in [-0.15, -0.1) is 0 Å². The van der Waals surface area contributed by atoms with Crippen LogP contribution >= 0.6 is 0 Å². The van der Waals surface area contributed by atoms with Gasteiger partial charge in [0.1, 0.15) is 0 Å². The lowest BCUT2D eigenvalue weighted by Gasteiger charge is -2.04. The summed E-state index contributed by atoms with van der Waals surface area (Å²) in [5, 5.41) is -1.84. The highest BCUT2D eigenvalue weighted by Crippen LogP contribution is 2.03. The predicted octanol–water partition coefficient (Wildman–Crippen LogP) is 0.966. The van der Waals surface area contributed by atoms with Crippen LogP contribution < -0.4 is 0 Å². The molecule has 0 aromatic rings. The molecule has 0 amide bonds. The van der Waals surface area contributed by atoms with Gasteiger partial charge < -0.3 is 4.74 Å². The summed E-state index contributed by atoms with van der Waals surface area (Å²) in [5.41, 5.74) is 0. The summed E-state index contributed by atoms with van der Waals surface area (Å²) in [6, 6.07) is 0. The van der Waals surface area contributed by atoms with Crippen molar-refractivity contribution in [2.24, 2.45) is 0 Å². The van der Waals surface area contributed by atoms with Crippen molar-refractivity contribution in [3.05, 3.63) is 0 Å². The van der Waals surface area contributed by atoms with Gasteiger partial charge in [-0.2, -0.15) is 0 Å². The lowest BCUT2D eigenvalue weighted by Crippen LogP contribution is -2.24. The predicted molar refractivity (Wildman–Crippen MR) is 41.1 cm³/mol. The fraction of sp³-hybridized carbons (Fsp3) is 0.833. The Kier molecular flexibility index (Phi) is 3.51. The molecule has 0 saturated heterocycles. The normalized spacial score (nSPS) is 11.6. The average molecular weight is 180 g/mol. The molecule has 0 unspecified atom stereocenters. The van der Waals surface area contributed by atoms with Gasteiger partial charge in [0.25, 0.3) is 9.84 Å². The van der Waals surface area contributed by atoms with Gasteiger partial charge in [-0.3, -0.25) is 0 Å². The molecule has 0 aromatic heterocycles. The molecule has 0 bridgehead atoms. The molecule has 0 fully saturated rings. The number of ether oxygens (including phenoxy) is 1. The zero-order valence-electron chi connectivity index (χ0n) is 6.83. The van der Waals surface area contributed by atoms with E-state index in [0.29, 0.717) is 0 Å². The molecule has 0 heterocycles. The van der Waals surface area contributed by atoms with E-state index in [4.69, 9.17) is 0 Å². The van der Waals surface area contributed by atoms with Gasteiger partial charge in [0.05, 0.1) is 11.9 Å². The third-order valence-electron chi connectivity index (χ3n) is 1.12. The fourth-order valence-corrected chi connectivity index (χ4v) is 1.06. The molecule has 0 aromatic carbocycles. The third kappa shape index (κ3) is 2.49. The monoisotopic (exact) mass is 180 g/mol. The van der Waals surface area contributed by atoms with Gasteiger partial charge in [0.15, 0.2) is 0 Å². The van der Waals surface area contributed by atoms with E-state index in [1.165, 1.54) is 13.8 Å². The van der Waals surface area contributed by atoms with Crippen LogP contribution in [0.25, 0.3) is 0 Å². The molecule has 66 valence electrons. The Morgan fingerprint density at radius 2 is 1.91 bits per heavy atom. The Hall–Kier alpha value is -0.580. The van der Waals surface area contributed by atoms with E-state index < -0.39 is 20.4 Å². The molecule has 0 aliphatic carbocycles. The average Bonchev–Trinajstić information content (AvgIpc) is 1.88. The quantitative estimate of drug-likeness (QED) is 0.594. The van der Waals surface area contributed by atoms with Crippen LogP contribution in [-0.4, -0.2) is 25.6 Å². The Morgan fingerprint density at radius 3 is 2.18 bits per heavy atom. The highest BCUT2D eigenvalue weighted by Gasteiger charge is 2.27. The van der Waals surface area contributed by atoms with Crippen LogP contribution in [0.4, 0.5) is 4.79 Å². The number of sulfone groups is 1. The highest BCUT2D eigenvalue weighted by atomic mass is 32.2. The van der Waals surface area contributed by atoms with Crippen LogP contribution in [0.15, 0.2) is 0 Å². The van der Waals surface area contributed by atoms with Crippen molar-refractivity contribution in [3.8, 4) is 0 Å². The minimum absolute atomic E-state index is 0.0881. The number of carbonyl (C=O) groups is 1. The zero-order valence-corrected chi connectivity index (χ0v) is 7.64. The number of carbonyl (C=O) groups excluding carboxylic acids is 1. The van der Waals surface area contributed by atoms with E-state index in [2.05, 4.69) is 4.74 Å². The van der Waals surface area contributed by atoms with Crippen LogP contribution in [-0.2, 0) is 14.6 Å². The van der Waals surface area contributed by atoms with Crippen molar-refractivity contribution >= 4 is 15.1 Å². The largest absolute Gasteiger partial charge is 0.454 e. The second-order valence-corrected chi connectivity index (χ2v) is 4.64. The Bertz CT molecular complexity index is 227. The zero-order chi connectivity index (χ0) is 9.07. The Balaban J connectivity index is 4.46. The molecule has 5 heteroatoms. The molecule has 0 aliphatic rings. The van der Waals surface area contributed by atoms with Crippen LogP contribution in [0.3, 0.4) is 0 Å². The summed E-state index contributed by atoms with van der Waals surface area (Å²) in [6.07, 6.45) is 0. The first-order valence-electron chi connectivity index (χ1n) is 3.33. The van der Waals surface area contributed by atoms with E-state index in [-0.39, 0.29) is 6.61 Å². The first kappa shape index (κ1) is 10.4. The minimum atomic E-state index is -3.70. The summed E-state index contributed by atoms with van der Waals surface area (Å²) < 4.78 is 26.2.